The van der Waals surface area contributed by atoms with E-state index in [1.165, 1.54) is 6.92 Å². The van der Waals surface area contributed by atoms with E-state index in [0.29, 0.717) is 22.2 Å². The van der Waals surface area contributed by atoms with Gasteiger partial charge in [0, 0.05) is 6.20 Å². The summed E-state index contributed by atoms with van der Waals surface area (Å²) in [6, 6.07) is 5.41. The van der Waals surface area contributed by atoms with E-state index < -0.39 is 0 Å². The molecule has 2 rings (SSSR count). The molecule has 2 aromatic rings. The van der Waals surface area contributed by atoms with Gasteiger partial charge in [-0.25, -0.2) is 0 Å². The minimum absolute atomic E-state index is 0.00499. The van der Waals surface area contributed by atoms with Gasteiger partial charge in [0.1, 0.15) is 0 Å². The molecule has 0 saturated carbocycles. The third kappa shape index (κ3) is 2.87. The molecule has 1 aromatic heterocycles. The van der Waals surface area contributed by atoms with Crippen molar-refractivity contribution in [2.75, 3.05) is 0 Å². The minimum atomic E-state index is 0.00499. The molecule has 0 saturated heterocycles. The van der Waals surface area contributed by atoms with Gasteiger partial charge in [-0.3, -0.25) is 9.48 Å². The summed E-state index contributed by atoms with van der Waals surface area (Å²) in [5.74, 6) is 0.00499. The Morgan fingerprint density at radius 2 is 2.12 bits per heavy atom. The average Bonchev–Trinajstić information content (AvgIpc) is 2.72. The second-order valence-electron chi connectivity index (χ2n) is 3.73. The summed E-state index contributed by atoms with van der Waals surface area (Å²) in [6.07, 6.45) is 3.27. The molecule has 0 radical (unpaired) electrons. The molecular formula is C12H10Cl2N2O. The van der Waals surface area contributed by atoms with Crippen molar-refractivity contribution in [3.63, 3.8) is 0 Å². The van der Waals surface area contributed by atoms with E-state index in [4.69, 9.17) is 23.2 Å². The fourth-order valence-corrected chi connectivity index (χ4v) is 1.78. The maximum Gasteiger partial charge on any atom is 0.162 e. The normalized spacial score (nSPS) is 10.5. The fraction of sp³-hybridized carbons (Fsp3) is 0.167. The Balaban J connectivity index is 2.19. The van der Waals surface area contributed by atoms with Crippen LogP contribution in [0.4, 0.5) is 0 Å². The molecule has 0 fully saturated rings. The van der Waals surface area contributed by atoms with Gasteiger partial charge < -0.3 is 0 Å². The van der Waals surface area contributed by atoms with Crippen molar-refractivity contribution >= 4 is 29.0 Å². The number of hydrogen-bond donors (Lipinski definition) is 0. The largest absolute Gasteiger partial charge is 0.294 e. The lowest BCUT2D eigenvalue weighted by Crippen LogP contribution is -2.00. The SMILES string of the molecule is CC(=O)c1cnn(Cc2ccc(Cl)c(Cl)c2)c1. The molecule has 0 unspecified atom stereocenters. The second-order valence-corrected chi connectivity index (χ2v) is 4.55. The summed E-state index contributed by atoms with van der Waals surface area (Å²) >= 11 is 11.8. The van der Waals surface area contributed by atoms with Gasteiger partial charge in [0.25, 0.3) is 0 Å². The minimum Gasteiger partial charge on any atom is -0.294 e. The average molecular weight is 269 g/mol. The first-order chi connectivity index (χ1) is 8.06. The van der Waals surface area contributed by atoms with Crippen molar-refractivity contribution in [2.45, 2.75) is 13.5 Å². The van der Waals surface area contributed by atoms with E-state index in [9.17, 15) is 4.79 Å². The van der Waals surface area contributed by atoms with E-state index in [0.717, 1.165) is 5.56 Å². The summed E-state index contributed by atoms with van der Waals surface area (Å²) in [6.45, 7) is 2.07. The maximum atomic E-state index is 11.1. The molecule has 17 heavy (non-hydrogen) atoms. The molecule has 0 bridgehead atoms. The number of carbonyl (C=O) groups excluding carboxylic acids is 1. The van der Waals surface area contributed by atoms with Gasteiger partial charge in [-0.2, -0.15) is 5.10 Å². The highest BCUT2D eigenvalue weighted by atomic mass is 35.5. The standard InChI is InChI=1S/C12H10Cl2N2O/c1-8(17)10-5-15-16(7-10)6-9-2-3-11(13)12(14)4-9/h2-5,7H,6H2,1H3. The van der Waals surface area contributed by atoms with E-state index in [-0.39, 0.29) is 5.78 Å². The summed E-state index contributed by atoms with van der Waals surface area (Å²) in [5, 5.41) is 5.15. The number of halogens is 2. The van der Waals surface area contributed by atoms with Crippen LogP contribution in [0, 0.1) is 0 Å². The van der Waals surface area contributed by atoms with E-state index in [1.54, 1.807) is 29.2 Å². The topological polar surface area (TPSA) is 34.9 Å². The number of aromatic nitrogens is 2. The molecule has 5 heteroatoms. The summed E-state index contributed by atoms with van der Waals surface area (Å²) in [5.41, 5.74) is 1.59. The molecule has 0 N–H and O–H groups in total. The van der Waals surface area contributed by atoms with E-state index >= 15 is 0 Å². The van der Waals surface area contributed by atoms with Crippen molar-refractivity contribution in [3.05, 3.63) is 51.8 Å². The Morgan fingerprint density at radius 1 is 1.35 bits per heavy atom. The van der Waals surface area contributed by atoms with Crippen molar-refractivity contribution < 1.29 is 4.79 Å². The van der Waals surface area contributed by atoms with Gasteiger partial charge in [-0.15, -0.1) is 0 Å². The van der Waals surface area contributed by atoms with Gasteiger partial charge >= 0.3 is 0 Å². The van der Waals surface area contributed by atoms with Gasteiger partial charge in [0.15, 0.2) is 5.78 Å². The zero-order chi connectivity index (χ0) is 12.4. The molecule has 0 amide bonds. The zero-order valence-corrected chi connectivity index (χ0v) is 10.7. The fourth-order valence-electron chi connectivity index (χ4n) is 1.46. The molecule has 3 nitrogen and oxygen atoms in total. The highest BCUT2D eigenvalue weighted by Crippen LogP contribution is 2.22. The van der Waals surface area contributed by atoms with Gasteiger partial charge in [-0.05, 0) is 24.6 Å². The van der Waals surface area contributed by atoms with Crippen LogP contribution < -0.4 is 0 Å². The number of benzene rings is 1. The van der Waals surface area contributed by atoms with Crippen LogP contribution in [-0.2, 0) is 6.54 Å². The number of Topliss-reactive ketones (excluding diaryl/α,β-unsaturated/α-hetero) is 1. The zero-order valence-electron chi connectivity index (χ0n) is 9.15. The first-order valence-corrected chi connectivity index (χ1v) is 5.79. The number of rotatable bonds is 3. The Hall–Kier alpha value is -1.32. The van der Waals surface area contributed by atoms with Gasteiger partial charge in [0.05, 0.1) is 28.4 Å². The first kappa shape index (κ1) is 12.1. The molecule has 1 heterocycles. The van der Waals surface area contributed by atoms with Crippen LogP contribution in [-0.4, -0.2) is 15.6 Å². The molecule has 0 atom stereocenters. The van der Waals surface area contributed by atoms with Crippen molar-refractivity contribution in [3.8, 4) is 0 Å². The third-order valence-corrected chi connectivity index (χ3v) is 3.11. The highest BCUT2D eigenvalue weighted by Gasteiger charge is 2.04. The van der Waals surface area contributed by atoms with Crippen LogP contribution >= 0.6 is 23.2 Å². The van der Waals surface area contributed by atoms with Gasteiger partial charge in [0.2, 0.25) is 0 Å². The Labute approximate surface area is 109 Å². The molecule has 0 aliphatic carbocycles. The van der Waals surface area contributed by atoms with Crippen LogP contribution in [0.1, 0.15) is 22.8 Å². The van der Waals surface area contributed by atoms with Crippen LogP contribution in [0.25, 0.3) is 0 Å². The van der Waals surface area contributed by atoms with Gasteiger partial charge in [-0.1, -0.05) is 29.3 Å². The van der Waals surface area contributed by atoms with E-state index in [1.807, 2.05) is 6.07 Å². The molecule has 0 spiro atoms. The van der Waals surface area contributed by atoms with Crippen LogP contribution in [0.5, 0.6) is 0 Å². The summed E-state index contributed by atoms with van der Waals surface area (Å²) in [7, 11) is 0. The Kier molecular flexibility index (Phi) is 3.50. The Morgan fingerprint density at radius 3 is 2.71 bits per heavy atom. The van der Waals surface area contributed by atoms with Crippen LogP contribution in [0.2, 0.25) is 10.0 Å². The highest BCUT2D eigenvalue weighted by molar-refractivity contribution is 6.42. The number of ketones is 1. The Bertz CT molecular complexity index is 563. The second kappa shape index (κ2) is 4.90. The summed E-state index contributed by atoms with van der Waals surface area (Å²) in [4.78, 5) is 11.1. The quantitative estimate of drug-likeness (QED) is 0.800. The third-order valence-electron chi connectivity index (χ3n) is 2.37. The van der Waals surface area contributed by atoms with Crippen molar-refractivity contribution in [1.82, 2.24) is 9.78 Å². The predicted octanol–water partition coefficient (Wildman–Crippen LogP) is 3.44. The smallest absolute Gasteiger partial charge is 0.162 e. The molecular weight excluding hydrogens is 259 g/mol. The van der Waals surface area contributed by atoms with E-state index in [2.05, 4.69) is 5.10 Å². The van der Waals surface area contributed by atoms with Crippen molar-refractivity contribution in [2.24, 2.45) is 0 Å². The summed E-state index contributed by atoms with van der Waals surface area (Å²) < 4.78 is 1.69. The first-order valence-electron chi connectivity index (χ1n) is 5.03. The maximum absolute atomic E-state index is 11.1. The molecule has 0 aliphatic rings. The molecule has 1 aromatic carbocycles. The number of hydrogen-bond acceptors (Lipinski definition) is 2. The lowest BCUT2D eigenvalue weighted by atomic mass is 10.2. The lowest BCUT2D eigenvalue weighted by molar-refractivity contribution is 0.101. The molecule has 88 valence electrons. The lowest BCUT2D eigenvalue weighted by Gasteiger charge is -2.03. The predicted molar refractivity (Wildman–Crippen MR) is 67.8 cm³/mol. The molecule has 0 aliphatic heterocycles. The number of nitrogens with zero attached hydrogens (tertiary/aromatic N) is 2. The van der Waals surface area contributed by atoms with Crippen molar-refractivity contribution in [1.29, 1.82) is 0 Å². The van der Waals surface area contributed by atoms with Crippen LogP contribution in [0.3, 0.4) is 0 Å². The van der Waals surface area contributed by atoms with Crippen LogP contribution in [0.15, 0.2) is 30.6 Å². The monoisotopic (exact) mass is 268 g/mol. The number of carbonyl (C=O) groups is 1.